The lowest BCUT2D eigenvalue weighted by atomic mass is 10.0. The first-order valence-electron chi connectivity index (χ1n) is 6.89. The normalized spacial score (nSPS) is 14.5. The molecule has 6 nitrogen and oxygen atoms in total. The topological polar surface area (TPSA) is 76.0 Å². The Balaban J connectivity index is 1.85. The van der Waals surface area contributed by atoms with Gasteiger partial charge in [0.15, 0.2) is 0 Å². The van der Waals surface area contributed by atoms with E-state index >= 15 is 0 Å². The molecule has 3 rings (SSSR count). The first-order valence-corrected chi connectivity index (χ1v) is 8.37. The number of nitrogens with one attached hydrogen (secondary N) is 2. The Morgan fingerprint density at radius 3 is 3.05 bits per heavy atom. The number of sulfonamides is 1. The highest BCUT2D eigenvalue weighted by Gasteiger charge is 2.22. The Morgan fingerprint density at radius 2 is 2.29 bits per heavy atom. The van der Waals surface area contributed by atoms with Crippen molar-refractivity contribution >= 4 is 15.7 Å². The van der Waals surface area contributed by atoms with Gasteiger partial charge in [0.2, 0.25) is 10.0 Å². The number of anilines is 1. The maximum atomic E-state index is 12.5. The zero-order valence-electron chi connectivity index (χ0n) is 11.8. The Kier molecular flexibility index (Phi) is 3.69. The number of rotatable bonds is 4. The molecule has 2 N–H and O–H groups in total. The summed E-state index contributed by atoms with van der Waals surface area (Å²) in [6, 6.07) is 5.36. The molecular formula is C14H18N4O2S. The van der Waals surface area contributed by atoms with Gasteiger partial charge < -0.3 is 5.32 Å². The van der Waals surface area contributed by atoms with Crippen LogP contribution in [0.2, 0.25) is 0 Å². The summed E-state index contributed by atoms with van der Waals surface area (Å²) in [5.41, 5.74) is 2.64. The number of fused-ring (bicyclic) bond motifs is 1. The van der Waals surface area contributed by atoms with Crippen LogP contribution in [0.25, 0.3) is 0 Å². The van der Waals surface area contributed by atoms with Crippen LogP contribution in [-0.2, 0) is 30.0 Å². The molecule has 1 aliphatic rings. The van der Waals surface area contributed by atoms with E-state index in [0.717, 1.165) is 36.2 Å². The van der Waals surface area contributed by atoms with Gasteiger partial charge in [-0.3, -0.25) is 4.68 Å². The molecule has 0 saturated heterocycles. The summed E-state index contributed by atoms with van der Waals surface area (Å²) in [5, 5.41) is 7.28. The van der Waals surface area contributed by atoms with Gasteiger partial charge in [-0.25, -0.2) is 13.1 Å². The third kappa shape index (κ3) is 2.93. The highest BCUT2D eigenvalue weighted by molar-refractivity contribution is 7.89. The number of benzene rings is 1. The number of hydrogen-bond acceptors (Lipinski definition) is 4. The van der Waals surface area contributed by atoms with Crippen LogP contribution in [0.4, 0.5) is 5.69 Å². The molecule has 112 valence electrons. The maximum absolute atomic E-state index is 12.5. The molecule has 2 aromatic rings. The average molecular weight is 306 g/mol. The van der Waals surface area contributed by atoms with Crippen LogP contribution in [-0.4, -0.2) is 24.7 Å². The zero-order valence-corrected chi connectivity index (χ0v) is 12.7. The lowest BCUT2D eigenvalue weighted by Crippen LogP contribution is -2.25. The van der Waals surface area contributed by atoms with Crippen molar-refractivity contribution in [1.29, 1.82) is 0 Å². The van der Waals surface area contributed by atoms with E-state index in [1.165, 1.54) is 0 Å². The van der Waals surface area contributed by atoms with Gasteiger partial charge in [0.1, 0.15) is 0 Å². The molecule has 0 saturated carbocycles. The smallest absolute Gasteiger partial charge is 0.241 e. The van der Waals surface area contributed by atoms with Crippen LogP contribution in [0.3, 0.4) is 0 Å². The second kappa shape index (κ2) is 5.50. The summed E-state index contributed by atoms with van der Waals surface area (Å²) in [6.45, 7) is 1.13. The second-order valence-electron chi connectivity index (χ2n) is 5.16. The summed E-state index contributed by atoms with van der Waals surface area (Å²) in [6.07, 6.45) is 5.18. The highest BCUT2D eigenvalue weighted by Crippen LogP contribution is 2.28. The Hall–Kier alpha value is -1.86. The van der Waals surface area contributed by atoms with Gasteiger partial charge in [0.05, 0.1) is 11.1 Å². The minimum atomic E-state index is -3.52. The SMILES string of the molecule is Cn1cc(CNS(=O)(=O)c2cccc3c2CCCN3)cn1. The van der Waals surface area contributed by atoms with Crippen LogP contribution < -0.4 is 10.0 Å². The van der Waals surface area contributed by atoms with Crippen LogP contribution in [0.15, 0.2) is 35.5 Å². The van der Waals surface area contributed by atoms with Crippen molar-refractivity contribution in [2.24, 2.45) is 7.05 Å². The van der Waals surface area contributed by atoms with Crippen molar-refractivity contribution in [3.63, 3.8) is 0 Å². The van der Waals surface area contributed by atoms with Crippen LogP contribution in [0.5, 0.6) is 0 Å². The molecule has 0 atom stereocenters. The molecule has 1 aromatic heterocycles. The molecule has 1 aliphatic heterocycles. The van der Waals surface area contributed by atoms with Gasteiger partial charge in [-0.05, 0) is 30.5 Å². The summed E-state index contributed by atoms with van der Waals surface area (Å²) in [4.78, 5) is 0.371. The average Bonchev–Trinajstić information content (AvgIpc) is 2.90. The van der Waals surface area contributed by atoms with E-state index in [1.807, 2.05) is 6.07 Å². The van der Waals surface area contributed by atoms with Crippen molar-refractivity contribution in [3.8, 4) is 0 Å². The molecule has 0 fully saturated rings. The molecular weight excluding hydrogens is 288 g/mol. The Bertz CT molecular complexity index is 752. The molecule has 0 unspecified atom stereocenters. The molecule has 7 heteroatoms. The van der Waals surface area contributed by atoms with Crippen LogP contribution in [0.1, 0.15) is 17.5 Å². The standard InChI is InChI=1S/C14H18N4O2S/c1-18-10-11(8-16-18)9-17-21(19,20)14-6-2-5-13-12(14)4-3-7-15-13/h2,5-6,8,10,15,17H,3-4,7,9H2,1H3. The maximum Gasteiger partial charge on any atom is 0.241 e. The summed E-state index contributed by atoms with van der Waals surface area (Å²) in [7, 11) is -1.71. The van der Waals surface area contributed by atoms with E-state index < -0.39 is 10.0 Å². The third-order valence-corrected chi connectivity index (χ3v) is 5.05. The lowest BCUT2D eigenvalue weighted by Gasteiger charge is -2.20. The van der Waals surface area contributed by atoms with Gasteiger partial charge >= 0.3 is 0 Å². The monoisotopic (exact) mass is 306 g/mol. The number of aryl methyl sites for hydroxylation is 1. The summed E-state index contributed by atoms with van der Waals surface area (Å²) >= 11 is 0. The second-order valence-corrected chi connectivity index (χ2v) is 6.89. The van der Waals surface area contributed by atoms with Crippen LogP contribution >= 0.6 is 0 Å². The minimum Gasteiger partial charge on any atom is -0.385 e. The minimum absolute atomic E-state index is 0.243. The predicted octanol–water partition coefficient (Wildman–Crippen LogP) is 1.26. The van der Waals surface area contributed by atoms with Crippen molar-refractivity contribution in [3.05, 3.63) is 41.7 Å². The molecule has 0 aliphatic carbocycles. The van der Waals surface area contributed by atoms with E-state index in [2.05, 4.69) is 15.1 Å². The van der Waals surface area contributed by atoms with Crippen molar-refractivity contribution in [1.82, 2.24) is 14.5 Å². The van der Waals surface area contributed by atoms with Gasteiger partial charge in [-0.15, -0.1) is 0 Å². The quantitative estimate of drug-likeness (QED) is 0.891. The first kappa shape index (κ1) is 14.1. The molecule has 0 bridgehead atoms. The van der Waals surface area contributed by atoms with Gasteiger partial charge in [-0.2, -0.15) is 5.10 Å². The largest absolute Gasteiger partial charge is 0.385 e. The number of nitrogens with zero attached hydrogens (tertiary/aromatic N) is 2. The van der Waals surface area contributed by atoms with E-state index in [4.69, 9.17) is 0 Å². The number of hydrogen-bond donors (Lipinski definition) is 2. The fourth-order valence-corrected chi connectivity index (χ4v) is 3.85. The third-order valence-electron chi connectivity index (χ3n) is 3.57. The van der Waals surface area contributed by atoms with Crippen molar-refractivity contribution in [2.75, 3.05) is 11.9 Å². The molecule has 0 amide bonds. The zero-order chi connectivity index (χ0) is 14.9. The van der Waals surface area contributed by atoms with Crippen molar-refractivity contribution < 1.29 is 8.42 Å². The summed E-state index contributed by atoms with van der Waals surface area (Å²) in [5.74, 6) is 0. The van der Waals surface area contributed by atoms with E-state index in [9.17, 15) is 8.42 Å². The molecule has 0 spiro atoms. The summed E-state index contributed by atoms with van der Waals surface area (Å²) < 4.78 is 29.3. The van der Waals surface area contributed by atoms with Gasteiger partial charge in [0, 0.05) is 37.6 Å². The van der Waals surface area contributed by atoms with E-state index in [1.54, 1.807) is 36.3 Å². The van der Waals surface area contributed by atoms with Crippen molar-refractivity contribution in [2.45, 2.75) is 24.3 Å². The molecule has 21 heavy (non-hydrogen) atoms. The van der Waals surface area contributed by atoms with Crippen LogP contribution in [0, 0.1) is 0 Å². The van der Waals surface area contributed by atoms with Gasteiger partial charge in [0.25, 0.3) is 0 Å². The van der Waals surface area contributed by atoms with Gasteiger partial charge in [-0.1, -0.05) is 6.07 Å². The lowest BCUT2D eigenvalue weighted by molar-refractivity contribution is 0.579. The number of aromatic nitrogens is 2. The first-order chi connectivity index (χ1) is 10.1. The Morgan fingerprint density at radius 1 is 1.43 bits per heavy atom. The molecule has 2 heterocycles. The highest BCUT2D eigenvalue weighted by atomic mass is 32.2. The molecule has 0 radical (unpaired) electrons. The molecule has 1 aromatic carbocycles. The fourth-order valence-electron chi connectivity index (χ4n) is 2.55. The Labute approximate surface area is 124 Å². The predicted molar refractivity (Wildman–Crippen MR) is 80.5 cm³/mol. The fraction of sp³-hybridized carbons (Fsp3) is 0.357. The van der Waals surface area contributed by atoms with E-state index in [-0.39, 0.29) is 6.54 Å². The van der Waals surface area contributed by atoms with E-state index in [0.29, 0.717) is 4.90 Å².